The van der Waals surface area contributed by atoms with Crippen molar-refractivity contribution < 1.29 is 14.0 Å². The molecule has 1 aliphatic rings. The lowest BCUT2D eigenvalue weighted by Gasteiger charge is -2.40. The molecule has 0 aromatic rings. The monoisotopic (exact) mass is 370 g/mol. The Morgan fingerprint density at radius 2 is 1.84 bits per heavy atom. The second-order valence-electron chi connectivity index (χ2n) is 9.26. The quantitative estimate of drug-likeness (QED) is 0.300. The van der Waals surface area contributed by atoms with Gasteiger partial charge >= 0.3 is 6.09 Å². The van der Waals surface area contributed by atoms with Gasteiger partial charge in [0.2, 0.25) is 0 Å². The van der Waals surface area contributed by atoms with Crippen molar-refractivity contribution in [3.8, 4) is 0 Å². The van der Waals surface area contributed by atoms with E-state index in [0.717, 1.165) is 12.8 Å². The number of azide groups is 1. The van der Waals surface area contributed by atoms with Crippen LogP contribution in [-0.2, 0) is 9.16 Å². The van der Waals surface area contributed by atoms with Crippen LogP contribution in [0.5, 0.6) is 0 Å². The van der Waals surface area contributed by atoms with Gasteiger partial charge in [0, 0.05) is 18.0 Å². The molecule has 1 saturated heterocycles. The minimum Gasteiger partial charge on any atom is -0.444 e. The van der Waals surface area contributed by atoms with Crippen LogP contribution in [0.2, 0.25) is 18.1 Å². The maximum Gasteiger partial charge on any atom is 0.410 e. The molecule has 0 aromatic heterocycles. The van der Waals surface area contributed by atoms with Gasteiger partial charge in [-0.15, -0.1) is 0 Å². The third kappa shape index (κ3) is 6.53. The number of carbonyl (C=O) groups excluding carboxylic acids is 1. The van der Waals surface area contributed by atoms with Crippen molar-refractivity contribution >= 4 is 14.4 Å². The summed E-state index contributed by atoms with van der Waals surface area (Å²) in [6, 6.07) is -0.394. The van der Waals surface area contributed by atoms with E-state index in [-0.39, 0.29) is 17.2 Å². The van der Waals surface area contributed by atoms with Gasteiger partial charge < -0.3 is 14.1 Å². The van der Waals surface area contributed by atoms with E-state index in [9.17, 15) is 4.79 Å². The van der Waals surface area contributed by atoms with Crippen LogP contribution in [0.15, 0.2) is 5.11 Å². The lowest BCUT2D eigenvalue weighted by molar-refractivity contribution is 0.0239. The molecule has 25 heavy (non-hydrogen) atoms. The van der Waals surface area contributed by atoms with Crippen LogP contribution in [-0.4, -0.2) is 50.1 Å². The van der Waals surface area contributed by atoms with Crippen LogP contribution in [0.3, 0.4) is 0 Å². The van der Waals surface area contributed by atoms with Gasteiger partial charge in [-0.2, -0.15) is 0 Å². The zero-order chi connectivity index (χ0) is 19.5. The first-order valence-corrected chi connectivity index (χ1v) is 11.9. The molecule has 1 heterocycles. The molecule has 2 atom stereocenters. The van der Waals surface area contributed by atoms with E-state index in [1.807, 2.05) is 20.8 Å². The van der Waals surface area contributed by atoms with Crippen molar-refractivity contribution in [1.29, 1.82) is 0 Å². The van der Waals surface area contributed by atoms with Gasteiger partial charge in [-0.3, -0.25) is 0 Å². The van der Waals surface area contributed by atoms with Gasteiger partial charge in [0.1, 0.15) is 5.60 Å². The molecule has 0 saturated carbocycles. The summed E-state index contributed by atoms with van der Waals surface area (Å²) in [5.74, 6) is 0. The third-order valence-electron chi connectivity index (χ3n) is 4.86. The SMILES string of the molecule is CC(C)(C)OC(=O)N1CCC[C@@H](O[Si](C)(C)C(C)(C)C)[C@H](N=[N+]=[N-])C1. The summed E-state index contributed by atoms with van der Waals surface area (Å²) >= 11 is 0. The van der Waals surface area contributed by atoms with Gasteiger partial charge in [-0.25, -0.2) is 4.79 Å². The van der Waals surface area contributed by atoms with Crippen molar-refractivity contribution in [2.45, 2.75) is 90.3 Å². The predicted octanol–water partition coefficient (Wildman–Crippen LogP) is 5.09. The zero-order valence-electron chi connectivity index (χ0n) is 17.0. The highest BCUT2D eigenvalue weighted by Gasteiger charge is 2.42. The summed E-state index contributed by atoms with van der Waals surface area (Å²) in [7, 11) is -1.99. The summed E-state index contributed by atoms with van der Waals surface area (Å²) in [6.45, 7) is 17.4. The molecule has 1 rings (SSSR count). The predicted molar refractivity (Wildman–Crippen MR) is 102 cm³/mol. The van der Waals surface area contributed by atoms with Crippen LogP contribution >= 0.6 is 0 Å². The van der Waals surface area contributed by atoms with Crippen LogP contribution in [0.4, 0.5) is 4.79 Å². The average Bonchev–Trinajstić information content (AvgIpc) is 2.59. The van der Waals surface area contributed by atoms with Crippen molar-refractivity contribution in [1.82, 2.24) is 4.90 Å². The molecule has 1 aliphatic heterocycles. The van der Waals surface area contributed by atoms with E-state index in [2.05, 4.69) is 43.9 Å². The number of amides is 1. The maximum absolute atomic E-state index is 12.4. The van der Waals surface area contributed by atoms with E-state index < -0.39 is 20.0 Å². The Labute approximate surface area is 152 Å². The normalized spacial score (nSPS) is 22.8. The fourth-order valence-corrected chi connectivity index (χ4v) is 3.86. The number of likely N-dealkylation sites (tertiary alicyclic amines) is 1. The molecule has 7 nitrogen and oxygen atoms in total. The molecular formula is C17H34N4O3Si. The number of ether oxygens (including phenoxy) is 1. The number of hydrogen-bond donors (Lipinski definition) is 0. The van der Waals surface area contributed by atoms with Crippen molar-refractivity contribution in [3.63, 3.8) is 0 Å². The van der Waals surface area contributed by atoms with E-state index in [1.165, 1.54) is 0 Å². The van der Waals surface area contributed by atoms with Crippen molar-refractivity contribution in [2.75, 3.05) is 13.1 Å². The first-order valence-electron chi connectivity index (χ1n) is 8.97. The summed E-state index contributed by atoms with van der Waals surface area (Å²) < 4.78 is 12.0. The van der Waals surface area contributed by atoms with E-state index in [1.54, 1.807) is 4.90 Å². The summed E-state index contributed by atoms with van der Waals surface area (Å²) in [4.78, 5) is 17.0. The summed E-state index contributed by atoms with van der Waals surface area (Å²) in [5, 5.41) is 4.02. The fourth-order valence-electron chi connectivity index (χ4n) is 2.47. The second-order valence-corrected chi connectivity index (χ2v) is 14.0. The van der Waals surface area contributed by atoms with Gasteiger partial charge in [0.05, 0.1) is 12.1 Å². The van der Waals surface area contributed by atoms with E-state index in [0.29, 0.717) is 13.1 Å². The molecule has 1 fully saturated rings. The van der Waals surface area contributed by atoms with E-state index >= 15 is 0 Å². The van der Waals surface area contributed by atoms with Crippen molar-refractivity contribution in [2.24, 2.45) is 5.11 Å². The lowest BCUT2D eigenvalue weighted by atomic mass is 10.1. The number of nitrogens with zero attached hydrogens (tertiary/aromatic N) is 4. The Hall–Kier alpha value is -1.24. The molecule has 1 amide bonds. The molecule has 0 unspecified atom stereocenters. The highest BCUT2D eigenvalue weighted by Crippen LogP contribution is 2.38. The molecule has 0 radical (unpaired) electrons. The molecular weight excluding hydrogens is 336 g/mol. The van der Waals surface area contributed by atoms with Crippen LogP contribution in [0.25, 0.3) is 10.4 Å². The van der Waals surface area contributed by atoms with Gasteiger partial charge in [-0.05, 0) is 57.3 Å². The fraction of sp³-hybridized carbons (Fsp3) is 0.941. The Morgan fingerprint density at radius 1 is 1.24 bits per heavy atom. The van der Waals surface area contributed by atoms with Crippen molar-refractivity contribution in [3.05, 3.63) is 10.4 Å². The smallest absolute Gasteiger partial charge is 0.410 e. The maximum atomic E-state index is 12.4. The standard InChI is InChI=1S/C17H34N4O3Si/c1-16(2,3)23-15(22)21-11-9-10-14(13(12-21)19-20-18)24-25(7,8)17(4,5)6/h13-14H,9-12H2,1-8H3/t13-,14-/m1/s1. The highest BCUT2D eigenvalue weighted by atomic mass is 28.4. The molecule has 0 N–H and O–H groups in total. The van der Waals surface area contributed by atoms with Crippen LogP contribution in [0.1, 0.15) is 54.4 Å². The largest absolute Gasteiger partial charge is 0.444 e. The summed E-state index contributed by atoms with van der Waals surface area (Å²) in [5.41, 5.74) is 8.43. The first kappa shape index (κ1) is 21.8. The molecule has 0 aromatic carbocycles. The molecule has 0 bridgehead atoms. The third-order valence-corrected chi connectivity index (χ3v) is 9.36. The topological polar surface area (TPSA) is 87.5 Å². The Morgan fingerprint density at radius 3 is 2.32 bits per heavy atom. The number of rotatable bonds is 3. The van der Waals surface area contributed by atoms with Crippen LogP contribution in [0, 0.1) is 0 Å². The zero-order valence-corrected chi connectivity index (χ0v) is 18.0. The second kappa shape index (κ2) is 7.97. The molecule has 8 heteroatoms. The first-order chi connectivity index (χ1) is 11.3. The Balaban J connectivity index is 2.94. The minimum absolute atomic E-state index is 0.0745. The Bertz CT molecular complexity index is 519. The highest BCUT2D eigenvalue weighted by molar-refractivity contribution is 6.74. The molecule has 0 aliphatic carbocycles. The minimum atomic E-state index is -1.99. The van der Waals surface area contributed by atoms with Gasteiger partial charge in [0.15, 0.2) is 8.32 Å². The van der Waals surface area contributed by atoms with E-state index in [4.69, 9.17) is 14.7 Å². The number of carbonyl (C=O) groups is 1. The van der Waals surface area contributed by atoms with Gasteiger partial charge in [0.25, 0.3) is 0 Å². The molecule has 0 spiro atoms. The summed E-state index contributed by atoms with van der Waals surface area (Å²) in [6.07, 6.45) is 1.05. The van der Waals surface area contributed by atoms with Crippen LogP contribution < -0.4 is 0 Å². The number of hydrogen-bond acceptors (Lipinski definition) is 4. The Kier molecular flexibility index (Phi) is 6.95. The lowest BCUT2D eigenvalue weighted by Crippen LogP contribution is -2.48. The average molecular weight is 371 g/mol. The van der Waals surface area contributed by atoms with Gasteiger partial charge in [-0.1, -0.05) is 25.9 Å². The molecule has 144 valence electrons.